The summed E-state index contributed by atoms with van der Waals surface area (Å²) in [4.78, 5) is 10.6. The predicted octanol–water partition coefficient (Wildman–Crippen LogP) is 1.82. The summed E-state index contributed by atoms with van der Waals surface area (Å²) in [7, 11) is 2.57. The SMILES string of the molecule is COC(=C=O)/C(OC)=C(/O)C#Cc1ccccc1. The number of hydrogen-bond acceptors (Lipinski definition) is 4. The van der Waals surface area contributed by atoms with Crippen molar-refractivity contribution in [3.8, 4) is 11.8 Å². The molecule has 0 fully saturated rings. The van der Waals surface area contributed by atoms with E-state index in [1.807, 2.05) is 18.2 Å². The van der Waals surface area contributed by atoms with Crippen LogP contribution in [0.25, 0.3) is 0 Å². The Morgan fingerprint density at radius 3 is 2.33 bits per heavy atom. The molecule has 0 aliphatic carbocycles. The van der Waals surface area contributed by atoms with Crippen LogP contribution in [0.1, 0.15) is 5.56 Å². The van der Waals surface area contributed by atoms with E-state index in [-0.39, 0.29) is 17.3 Å². The Bertz CT molecular complexity index is 540. The number of carbonyl (C=O) groups excluding carboxylic acids is 1. The van der Waals surface area contributed by atoms with Crippen LogP contribution in [0.2, 0.25) is 0 Å². The summed E-state index contributed by atoms with van der Waals surface area (Å²) in [5, 5.41) is 9.70. The molecule has 92 valence electrons. The maximum atomic E-state index is 10.6. The van der Waals surface area contributed by atoms with E-state index in [1.54, 1.807) is 12.1 Å². The molecule has 4 heteroatoms. The van der Waals surface area contributed by atoms with Gasteiger partial charge >= 0.3 is 0 Å². The van der Waals surface area contributed by atoms with Gasteiger partial charge in [0, 0.05) is 5.56 Å². The predicted molar refractivity (Wildman–Crippen MR) is 66.2 cm³/mol. The van der Waals surface area contributed by atoms with Crippen LogP contribution in [-0.2, 0) is 14.3 Å². The Hall–Kier alpha value is -2.63. The molecule has 0 bridgehead atoms. The summed E-state index contributed by atoms with van der Waals surface area (Å²) in [5.74, 6) is 5.95. The molecule has 1 N–H and O–H groups in total. The van der Waals surface area contributed by atoms with Crippen molar-refractivity contribution in [3.05, 3.63) is 53.2 Å². The third-order valence-electron chi connectivity index (χ3n) is 2.02. The topological polar surface area (TPSA) is 55.8 Å². The van der Waals surface area contributed by atoms with Crippen molar-refractivity contribution >= 4 is 5.94 Å². The quantitative estimate of drug-likeness (QED) is 0.381. The molecule has 0 saturated heterocycles. The molecule has 1 rings (SSSR count). The van der Waals surface area contributed by atoms with Crippen molar-refractivity contribution in [2.75, 3.05) is 14.2 Å². The van der Waals surface area contributed by atoms with E-state index < -0.39 is 0 Å². The van der Waals surface area contributed by atoms with Crippen LogP contribution < -0.4 is 0 Å². The zero-order valence-corrected chi connectivity index (χ0v) is 10.1. The first kappa shape index (κ1) is 13.4. The molecule has 0 atom stereocenters. The van der Waals surface area contributed by atoms with Gasteiger partial charge in [-0.1, -0.05) is 24.1 Å². The van der Waals surface area contributed by atoms with E-state index >= 15 is 0 Å². The van der Waals surface area contributed by atoms with E-state index in [2.05, 4.69) is 11.8 Å². The number of allylic oxidation sites excluding steroid dienone is 1. The minimum absolute atomic E-state index is 0.143. The monoisotopic (exact) mass is 244 g/mol. The highest BCUT2D eigenvalue weighted by Crippen LogP contribution is 2.12. The lowest BCUT2D eigenvalue weighted by Gasteiger charge is -2.05. The molecule has 0 radical (unpaired) electrons. The zero-order valence-electron chi connectivity index (χ0n) is 10.1. The molecule has 0 amide bonds. The first-order chi connectivity index (χ1) is 8.72. The Morgan fingerprint density at radius 2 is 1.83 bits per heavy atom. The fourth-order valence-corrected chi connectivity index (χ4v) is 1.19. The number of hydrogen-bond donors (Lipinski definition) is 1. The summed E-state index contributed by atoms with van der Waals surface area (Å²) in [6.07, 6.45) is 0. The Morgan fingerprint density at radius 1 is 1.17 bits per heavy atom. The van der Waals surface area contributed by atoms with Gasteiger partial charge < -0.3 is 14.6 Å². The second-order valence-corrected chi connectivity index (χ2v) is 3.13. The van der Waals surface area contributed by atoms with Gasteiger partial charge in [0.2, 0.25) is 11.5 Å². The van der Waals surface area contributed by atoms with Crippen LogP contribution in [0.3, 0.4) is 0 Å². The fourth-order valence-electron chi connectivity index (χ4n) is 1.19. The normalized spacial score (nSPS) is 10.3. The molecule has 0 aliphatic heterocycles. The molecular formula is C14H12O4. The van der Waals surface area contributed by atoms with Gasteiger partial charge in [-0.25, -0.2) is 4.79 Å². The van der Waals surface area contributed by atoms with Gasteiger partial charge in [0.1, 0.15) is 0 Å². The molecule has 0 heterocycles. The second kappa shape index (κ2) is 6.85. The van der Waals surface area contributed by atoms with Crippen LogP contribution >= 0.6 is 0 Å². The van der Waals surface area contributed by atoms with Gasteiger partial charge in [-0.15, -0.1) is 0 Å². The maximum Gasteiger partial charge on any atom is 0.251 e. The summed E-state index contributed by atoms with van der Waals surface area (Å²) in [6.45, 7) is 0. The molecule has 4 nitrogen and oxygen atoms in total. The van der Waals surface area contributed by atoms with E-state index in [4.69, 9.17) is 9.47 Å². The van der Waals surface area contributed by atoms with Gasteiger partial charge in [0.05, 0.1) is 14.2 Å². The van der Waals surface area contributed by atoms with Gasteiger partial charge in [-0.3, -0.25) is 0 Å². The van der Waals surface area contributed by atoms with Gasteiger partial charge in [-0.2, -0.15) is 0 Å². The van der Waals surface area contributed by atoms with Crippen LogP contribution in [0.5, 0.6) is 0 Å². The number of benzene rings is 1. The largest absolute Gasteiger partial charge is 0.498 e. The third-order valence-corrected chi connectivity index (χ3v) is 2.02. The minimum Gasteiger partial charge on any atom is -0.498 e. The molecule has 0 saturated carbocycles. The lowest BCUT2D eigenvalue weighted by molar-refractivity contribution is 0.207. The van der Waals surface area contributed by atoms with Crippen LogP contribution in [0, 0.1) is 11.8 Å². The lowest BCUT2D eigenvalue weighted by atomic mass is 10.2. The first-order valence-corrected chi connectivity index (χ1v) is 5.06. The smallest absolute Gasteiger partial charge is 0.251 e. The van der Waals surface area contributed by atoms with Crippen molar-refractivity contribution in [1.82, 2.24) is 0 Å². The maximum absolute atomic E-state index is 10.6. The number of methoxy groups -OCH3 is 2. The van der Waals surface area contributed by atoms with Crippen molar-refractivity contribution in [1.29, 1.82) is 0 Å². The minimum atomic E-state index is -0.387. The average Bonchev–Trinajstić information content (AvgIpc) is 2.43. The molecule has 0 unspecified atom stereocenters. The van der Waals surface area contributed by atoms with Gasteiger partial charge in [0.25, 0.3) is 5.76 Å². The van der Waals surface area contributed by atoms with Crippen molar-refractivity contribution < 1.29 is 19.4 Å². The summed E-state index contributed by atoms with van der Waals surface area (Å²) < 4.78 is 9.56. The molecule has 0 aliphatic rings. The highest BCUT2D eigenvalue weighted by Gasteiger charge is 2.12. The highest BCUT2D eigenvalue weighted by atomic mass is 16.5. The fraction of sp³-hybridized carbons (Fsp3) is 0.143. The van der Waals surface area contributed by atoms with E-state index in [1.165, 1.54) is 20.2 Å². The van der Waals surface area contributed by atoms with E-state index in [0.29, 0.717) is 0 Å². The van der Waals surface area contributed by atoms with Crippen LogP contribution in [-0.4, -0.2) is 25.3 Å². The molecule has 1 aromatic rings. The summed E-state index contributed by atoms with van der Waals surface area (Å²) in [5.41, 5.74) is 0.730. The molecule has 0 aromatic heterocycles. The van der Waals surface area contributed by atoms with Crippen molar-refractivity contribution in [3.63, 3.8) is 0 Å². The average molecular weight is 244 g/mol. The molecule has 1 aromatic carbocycles. The van der Waals surface area contributed by atoms with Crippen molar-refractivity contribution in [2.45, 2.75) is 0 Å². The Kier molecular flexibility index (Phi) is 5.11. The Balaban J connectivity index is 3.09. The molecule has 18 heavy (non-hydrogen) atoms. The van der Waals surface area contributed by atoms with E-state index in [0.717, 1.165) is 5.56 Å². The van der Waals surface area contributed by atoms with Gasteiger partial charge in [-0.05, 0) is 18.1 Å². The summed E-state index contributed by atoms with van der Waals surface area (Å²) in [6, 6.07) is 9.10. The van der Waals surface area contributed by atoms with Gasteiger partial charge in [0.15, 0.2) is 5.94 Å². The Labute approximate surface area is 105 Å². The highest BCUT2D eigenvalue weighted by molar-refractivity contribution is 5.58. The second-order valence-electron chi connectivity index (χ2n) is 3.13. The number of aliphatic hydroxyl groups excluding tert-OH is 1. The van der Waals surface area contributed by atoms with Crippen molar-refractivity contribution in [2.24, 2.45) is 0 Å². The molecule has 0 spiro atoms. The number of aliphatic hydroxyl groups is 1. The van der Waals surface area contributed by atoms with Crippen LogP contribution in [0.15, 0.2) is 47.6 Å². The van der Waals surface area contributed by atoms with Crippen LogP contribution in [0.4, 0.5) is 0 Å². The molecular weight excluding hydrogens is 232 g/mol. The summed E-state index contributed by atoms with van der Waals surface area (Å²) >= 11 is 0. The third kappa shape index (κ3) is 3.44. The first-order valence-electron chi connectivity index (χ1n) is 5.06. The van der Waals surface area contributed by atoms with E-state index in [9.17, 15) is 9.90 Å². The number of ether oxygens (including phenoxy) is 2. The standard InChI is InChI=1S/C14H12O4/c1-17-13(10-15)14(18-2)12(16)9-8-11-6-4-3-5-7-11/h3-7,16H,1-2H3/b14-12-. The zero-order chi connectivity index (χ0) is 13.4. The number of rotatable bonds is 3. The lowest BCUT2D eigenvalue weighted by Crippen LogP contribution is -2.00.